The van der Waals surface area contributed by atoms with Crippen molar-refractivity contribution in [1.82, 2.24) is 14.2 Å². The number of non-ortho nitro benzene ring substituents is 1. The second-order valence-electron chi connectivity index (χ2n) is 7.83. The van der Waals surface area contributed by atoms with Crippen molar-refractivity contribution in [3.63, 3.8) is 0 Å². The van der Waals surface area contributed by atoms with E-state index < -0.39 is 14.9 Å². The molecule has 2 aromatic carbocycles. The lowest BCUT2D eigenvalue weighted by Crippen LogP contribution is -2.35. The van der Waals surface area contributed by atoms with E-state index >= 15 is 0 Å². The number of rotatable bonds is 7. The Morgan fingerprint density at radius 3 is 2.59 bits per heavy atom. The number of carbonyl (C=O) groups excluding carboxylic acids is 1. The van der Waals surface area contributed by atoms with Crippen molar-refractivity contribution >= 4 is 32.5 Å². The number of nitrogens with one attached hydrogen (secondary N) is 1. The fourth-order valence-electron chi connectivity index (χ4n) is 3.92. The minimum atomic E-state index is -3.53. The van der Waals surface area contributed by atoms with Gasteiger partial charge in [0.15, 0.2) is 0 Å². The van der Waals surface area contributed by atoms with Gasteiger partial charge in [0, 0.05) is 48.9 Å². The van der Waals surface area contributed by atoms with Crippen LogP contribution < -0.4 is 5.32 Å². The molecular formula is C22H24N4O5S. The smallest absolute Gasteiger partial charge is 0.270 e. The number of nitrogens with zero attached hydrogens (tertiary/aromatic N) is 3. The van der Waals surface area contributed by atoms with Crippen LogP contribution in [0.15, 0.2) is 59.6 Å². The largest absolute Gasteiger partial charge is 0.350 e. The highest BCUT2D eigenvalue weighted by Gasteiger charge is 2.26. The Bertz CT molecular complexity index is 1260. The molecule has 4 rings (SSSR count). The first-order valence-corrected chi connectivity index (χ1v) is 11.9. The van der Waals surface area contributed by atoms with Gasteiger partial charge in [-0.15, -0.1) is 0 Å². The first-order valence-electron chi connectivity index (χ1n) is 10.4. The Morgan fingerprint density at radius 1 is 1.06 bits per heavy atom. The van der Waals surface area contributed by atoms with Crippen molar-refractivity contribution in [1.29, 1.82) is 0 Å². The molecule has 1 aliphatic rings. The molecule has 0 aliphatic carbocycles. The van der Waals surface area contributed by atoms with Crippen LogP contribution in [0.2, 0.25) is 0 Å². The summed E-state index contributed by atoms with van der Waals surface area (Å²) in [5, 5.41) is 14.4. The first kappa shape index (κ1) is 22.0. The van der Waals surface area contributed by atoms with E-state index in [1.807, 2.05) is 0 Å². The summed E-state index contributed by atoms with van der Waals surface area (Å²) in [6, 6.07) is 12.9. The maximum atomic E-state index is 12.9. The van der Waals surface area contributed by atoms with E-state index in [0.717, 1.165) is 24.8 Å². The quantitative estimate of drug-likeness (QED) is 0.433. The molecule has 0 radical (unpaired) electrons. The second-order valence-corrected chi connectivity index (χ2v) is 9.77. The maximum absolute atomic E-state index is 12.9. The van der Waals surface area contributed by atoms with Gasteiger partial charge in [0.2, 0.25) is 15.9 Å². The van der Waals surface area contributed by atoms with Crippen LogP contribution in [0.5, 0.6) is 0 Å². The number of carbonyl (C=O) groups is 1. The fourth-order valence-corrected chi connectivity index (χ4v) is 5.51. The highest BCUT2D eigenvalue weighted by Crippen LogP contribution is 2.23. The monoisotopic (exact) mass is 456 g/mol. The summed E-state index contributed by atoms with van der Waals surface area (Å²) in [5.41, 5.74) is 1.42. The fraction of sp³-hybridized carbons (Fsp3) is 0.318. The number of nitro groups is 1. The third-order valence-electron chi connectivity index (χ3n) is 5.62. The summed E-state index contributed by atoms with van der Waals surface area (Å²) in [4.78, 5) is 23.2. The highest BCUT2D eigenvalue weighted by atomic mass is 32.2. The average molecular weight is 457 g/mol. The van der Waals surface area contributed by atoms with E-state index in [9.17, 15) is 23.3 Å². The Balaban J connectivity index is 1.41. The topological polar surface area (TPSA) is 115 Å². The number of sulfonamides is 1. The van der Waals surface area contributed by atoms with Crippen molar-refractivity contribution in [2.45, 2.75) is 37.2 Å². The molecule has 10 heteroatoms. The van der Waals surface area contributed by atoms with Gasteiger partial charge in [-0.05, 0) is 42.7 Å². The van der Waals surface area contributed by atoms with Crippen LogP contribution >= 0.6 is 0 Å². The van der Waals surface area contributed by atoms with E-state index in [4.69, 9.17) is 0 Å². The van der Waals surface area contributed by atoms with E-state index in [0.29, 0.717) is 24.0 Å². The Labute approximate surface area is 185 Å². The van der Waals surface area contributed by atoms with Crippen LogP contribution in [0.25, 0.3) is 10.9 Å². The molecule has 32 heavy (non-hydrogen) atoms. The van der Waals surface area contributed by atoms with Gasteiger partial charge in [0.25, 0.3) is 5.69 Å². The average Bonchev–Trinajstić information content (AvgIpc) is 3.20. The second kappa shape index (κ2) is 9.09. The number of benzene rings is 2. The number of hydrogen-bond donors (Lipinski definition) is 1. The van der Waals surface area contributed by atoms with E-state index in [-0.39, 0.29) is 29.6 Å². The number of hydrogen-bond acceptors (Lipinski definition) is 5. The third kappa shape index (κ3) is 4.66. The van der Waals surface area contributed by atoms with Gasteiger partial charge in [-0.3, -0.25) is 14.9 Å². The summed E-state index contributed by atoms with van der Waals surface area (Å²) >= 11 is 0. The van der Waals surface area contributed by atoms with Crippen molar-refractivity contribution in [3.05, 3.63) is 70.4 Å². The van der Waals surface area contributed by atoms with Gasteiger partial charge in [0.05, 0.1) is 9.82 Å². The van der Waals surface area contributed by atoms with Crippen LogP contribution in [-0.2, 0) is 27.9 Å². The molecule has 1 fully saturated rings. The molecule has 1 N–H and O–H groups in total. The molecule has 168 valence electrons. The van der Waals surface area contributed by atoms with Crippen LogP contribution in [-0.4, -0.2) is 41.2 Å². The summed E-state index contributed by atoms with van der Waals surface area (Å²) in [7, 11) is -3.53. The first-order chi connectivity index (χ1) is 15.3. The zero-order chi connectivity index (χ0) is 22.7. The Kier molecular flexibility index (Phi) is 6.24. The lowest BCUT2D eigenvalue weighted by atomic mass is 10.2. The SMILES string of the molecule is O=C(Cn1ccc2cc([N+](=O)[O-])ccc21)NCc1cccc(S(=O)(=O)N2CCCCC2)c1. The Morgan fingerprint density at radius 2 is 1.84 bits per heavy atom. The van der Waals surface area contributed by atoms with Gasteiger partial charge < -0.3 is 9.88 Å². The van der Waals surface area contributed by atoms with Gasteiger partial charge >= 0.3 is 0 Å². The van der Waals surface area contributed by atoms with Crippen molar-refractivity contribution in [2.75, 3.05) is 13.1 Å². The van der Waals surface area contributed by atoms with Gasteiger partial charge in [-0.2, -0.15) is 4.31 Å². The zero-order valence-corrected chi connectivity index (χ0v) is 18.3. The van der Waals surface area contributed by atoms with Crippen molar-refractivity contribution in [2.24, 2.45) is 0 Å². The lowest BCUT2D eigenvalue weighted by molar-refractivity contribution is -0.384. The lowest BCUT2D eigenvalue weighted by Gasteiger charge is -2.26. The minimum Gasteiger partial charge on any atom is -0.350 e. The van der Waals surface area contributed by atoms with E-state index in [1.165, 1.54) is 16.4 Å². The predicted molar refractivity (Wildman–Crippen MR) is 119 cm³/mol. The minimum absolute atomic E-state index is 0.000844. The van der Waals surface area contributed by atoms with Gasteiger partial charge in [-0.25, -0.2) is 8.42 Å². The van der Waals surface area contributed by atoms with Crippen molar-refractivity contribution in [3.8, 4) is 0 Å². The summed E-state index contributed by atoms with van der Waals surface area (Å²) in [5.74, 6) is -0.245. The summed E-state index contributed by atoms with van der Waals surface area (Å²) in [6.45, 7) is 1.33. The molecule has 3 aromatic rings. The number of aromatic nitrogens is 1. The Hall–Kier alpha value is -3.24. The standard InChI is InChI=1S/C22H24N4O5S/c27-22(16-24-12-9-18-14-19(26(28)29)7-8-21(18)24)23-15-17-5-4-6-20(13-17)32(30,31)25-10-2-1-3-11-25/h4-9,12-14H,1-3,10-11,15-16H2,(H,23,27). The molecule has 1 aromatic heterocycles. The van der Waals surface area contributed by atoms with E-state index in [2.05, 4.69) is 5.32 Å². The summed E-state index contributed by atoms with van der Waals surface area (Å²) < 4.78 is 29.0. The molecule has 0 atom stereocenters. The van der Waals surface area contributed by atoms with Crippen LogP contribution in [0, 0.1) is 10.1 Å². The highest BCUT2D eigenvalue weighted by molar-refractivity contribution is 7.89. The van der Waals surface area contributed by atoms with E-state index in [1.54, 1.807) is 47.2 Å². The molecule has 0 bridgehead atoms. The van der Waals surface area contributed by atoms with Gasteiger partial charge in [-0.1, -0.05) is 18.6 Å². The predicted octanol–water partition coefficient (Wildman–Crippen LogP) is 3.04. The number of amides is 1. The number of fused-ring (bicyclic) bond motifs is 1. The third-order valence-corrected chi connectivity index (χ3v) is 7.51. The molecule has 1 aliphatic heterocycles. The molecular weight excluding hydrogens is 432 g/mol. The molecule has 0 unspecified atom stereocenters. The summed E-state index contributed by atoms with van der Waals surface area (Å²) in [6.07, 6.45) is 4.50. The number of piperidine rings is 1. The van der Waals surface area contributed by atoms with Crippen LogP contribution in [0.4, 0.5) is 5.69 Å². The zero-order valence-electron chi connectivity index (χ0n) is 17.4. The maximum Gasteiger partial charge on any atom is 0.270 e. The van der Waals surface area contributed by atoms with Crippen molar-refractivity contribution < 1.29 is 18.1 Å². The molecule has 1 amide bonds. The molecule has 0 saturated carbocycles. The van der Waals surface area contributed by atoms with Crippen LogP contribution in [0.3, 0.4) is 0 Å². The van der Waals surface area contributed by atoms with Crippen LogP contribution in [0.1, 0.15) is 24.8 Å². The molecule has 2 heterocycles. The normalized spacial score (nSPS) is 15.0. The molecule has 9 nitrogen and oxygen atoms in total. The molecule has 1 saturated heterocycles. The number of nitro benzene ring substituents is 1. The van der Waals surface area contributed by atoms with Gasteiger partial charge in [0.1, 0.15) is 6.54 Å². The molecule has 0 spiro atoms.